The number of hydrogen-bond acceptors (Lipinski definition) is 4. The molecule has 6 heteroatoms. The second-order valence-corrected chi connectivity index (χ2v) is 7.96. The maximum Gasteiger partial charge on any atom is 0.273 e. The summed E-state index contributed by atoms with van der Waals surface area (Å²) in [7, 11) is 1.81. The predicted octanol–water partition coefficient (Wildman–Crippen LogP) is 4.71. The van der Waals surface area contributed by atoms with E-state index >= 15 is 0 Å². The van der Waals surface area contributed by atoms with E-state index in [1.807, 2.05) is 81.2 Å². The zero-order chi connectivity index (χ0) is 22.1. The van der Waals surface area contributed by atoms with Gasteiger partial charge in [-0.2, -0.15) is 5.10 Å². The summed E-state index contributed by atoms with van der Waals surface area (Å²) in [6.07, 6.45) is 1.84. The molecule has 0 aliphatic rings. The highest BCUT2D eigenvalue weighted by atomic mass is 16.2. The molecule has 2 aromatic heterocycles. The van der Waals surface area contributed by atoms with Gasteiger partial charge in [0.15, 0.2) is 5.82 Å². The Kier molecular flexibility index (Phi) is 5.55. The lowest BCUT2D eigenvalue weighted by Crippen LogP contribution is -2.28. The summed E-state index contributed by atoms with van der Waals surface area (Å²) in [5.41, 5.74) is 6.37. The molecule has 158 valence electrons. The van der Waals surface area contributed by atoms with Crippen LogP contribution in [-0.2, 0) is 13.1 Å². The molecule has 0 bridgehead atoms. The lowest BCUT2D eigenvalue weighted by atomic mass is 10.1. The van der Waals surface area contributed by atoms with E-state index in [2.05, 4.69) is 12.0 Å². The molecule has 0 unspecified atom stereocenters. The number of carbonyl (C=O) groups excluding carboxylic acids is 1. The SMILES string of the molecule is CCn1ncc(CN(C)C(=O)c2nc(-c3ccccc3C)nc3ccc(C)cc23)c1C. The Bertz CT molecular complexity index is 1270. The Balaban J connectivity index is 1.79. The van der Waals surface area contributed by atoms with E-state index in [1.165, 1.54) is 0 Å². The predicted molar refractivity (Wildman–Crippen MR) is 123 cm³/mol. The number of fused-ring (bicyclic) bond motifs is 1. The number of benzene rings is 2. The van der Waals surface area contributed by atoms with Gasteiger partial charge in [0.1, 0.15) is 5.69 Å². The number of rotatable bonds is 5. The van der Waals surface area contributed by atoms with Crippen molar-refractivity contribution in [1.29, 1.82) is 0 Å². The zero-order valence-corrected chi connectivity index (χ0v) is 18.7. The topological polar surface area (TPSA) is 63.9 Å². The summed E-state index contributed by atoms with van der Waals surface area (Å²) in [5.74, 6) is 0.442. The van der Waals surface area contributed by atoms with Crippen molar-refractivity contribution in [2.24, 2.45) is 0 Å². The van der Waals surface area contributed by atoms with Crippen LogP contribution in [0.3, 0.4) is 0 Å². The summed E-state index contributed by atoms with van der Waals surface area (Å²) in [4.78, 5) is 24.8. The van der Waals surface area contributed by atoms with Gasteiger partial charge in [-0.3, -0.25) is 9.48 Å². The number of nitrogens with zero attached hydrogens (tertiary/aromatic N) is 5. The molecule has 6 nitrogen and oxygen atoms in total. The Morgan fingerprint density at radius 1 is 1.06 bits per heavy atom. The van der Waals surface area contributed by atoms with E-state index in [0.717, 1.165) is 45.4 Å². The monoisotopic (exact) mass is 413 g/mol. The van der Waals surface area contributed by atoms with Gasteiger partial charge in [-0.05, 0) is 45.4 Å². The van der Waals surface area contributed by atoms with Crippen LogP contribution >= 0.6 is 0 Å². The molecule has 31 heavy (non-hydrogen) atoms. The molecule has 0 N–H and O–H groups in total. The fourth-order valence-corrected chi connectivity index (χ4v) is 3.82. The molecule has 0 saturated heterocycles. The Morgan fingerprint density at radius 3 is 2.55 bits per heavy atom. The molecule has 2 heterocycles. The molecular weight excluding hydrogens is 386 g/mol. The van der Waals surface area contributed by atoms with Gasteiger partial charge in [0.25, 0.3) is 5.91 Å². The normalized spacial score (nSPS) is 11.1. The molecule has 4 aromatic rings. The summed E-state index contributed by atoms with van der Waals surface area (Å²) in [5, 5.41) is 5.17. The minimum atomic E-state index is -0.128. The molecule has 0 saturated carbocycles. The first-order chi connectivity index (χ1) is 14.9. The van der Waals surface area contributed by atoms with E-state index in [1.54, 1.807) is 4.90 Å². The van der Waals surface area contributed by atoms with Gasteiger partial charge >= 0.3 is 0 Å². The molecule has 0 aliphatic carbocycles. The Hall–Kier alpha value is -3.54. The molecule has 0 atom stereocenters. The lowest BCUT2D eigenvalue weighted by Gasteiger charge is -2.18. The minimum Gasteiger partial charge on any atom is -0.336 e. The summed E-state index contributed by atoms with van der Waals surface area (Å²) >= 11 is 0. The van der Waals surface area contributed by atoms with Crippen LogP contribution in [-0.4, -0.2) is 37.6 Å². The first kappa shape index (κ1) is 20.7. The van der Waals surface area contributed by atoms with Crippen molar-refractivity contribution < 1.29 is 4.79 Å². The molecule has 0 aliphatic heterocycles. The summed E-state index contributed by atoms with van der Waals surface area (Å²) in [6.45, 7) is 9.40. The van der Waals surface area contributed by atoms with Crippen LogP contribution in [0.5, 0.6) is 0 Å². The number of carbonyl (C=O) groups is 1. The number of aromatic nitrogens is 4. The molecule has 2 aromatic carbocycles. The van der Waals surface area contributed by atoms with Gasteiger partial charge in [0.05, 0.1) is 11.7 Å². The molecule has 0 radical (unpaired) electrons. The van der Waals surface area contributed by atoms with E-state index in [4.69, 9.17) is 9.97 Å². The second-order valence-electron chi connectivity index (χ2n) is 7.96. The van der Waals surface area contributed by atoms with Crippen molar-refractivity contribution in [3.8, 4) is 11.4 Å². The van der Waals surface area contributed by atoms with E-state index in [0.29, 0.717) is 18.1 Å². The maximum absolute atomic E-state index is 13.5. The highest BCUT2D eigenvalue weighted by molar-refractivity contribution is 6.05. The molecule has 0 fully saturated rings. The minimum absolute atomic E-state index is 0.128. The van der Waals surface area contributed by atoms with Crippen LogP contribution in [0.25, 0.3) is 22.3 Å². The molecule has 1 amide bonds. The maximum atomic E-state index is 13.5. The average molecular weight is 414 g/mol. The van der Waals surface area contributed by atoms with Crippen molar-refractivity contribution in [3.63, 3.8) is 0 Å². The van der Waals surface area contributed by atoms with Crippen molar-refractivity contribution in [3.05, 3.63) is 76.7 Å². The third kappa shape index (κ3) is 3.93. The van der Waals surface area contributed by atoms with Crippen LogP contribution in [0, 0.1) is 20.8 Å². The highest BCUT2D eigenvalue weighted by Crippen LogP contribution is 2.26. The molecule has 0 spiro atoms. The first-order valence-corrected chi connectivity index (χ1v) is 10.5. The van der Waals surface area contributed by atoms with Gasteiger partial charge < -0.3 is 4.90 Å². The Labute approximate surface area is 182 Å². The van der Waals surface area contributed by atoms with Crippen molar-refractivity contribution in [2.45, 2.75) is 40.8 Å². The number of amides is 1. The first-order valence-electron chi connectivity index (χ1n) is 10.5. The van der Waals surface area contributed by atoms with Gasteiger partial charge in [0.2, 0.25) is 0 Å². The number of aryl methyl sites for hydroxylation is 3. The van der Waals surface area contributed by atoms with E-state index < -0.39 is 0 Å². The van der Waals surface area contributed by atoms with Gasteiger partial charge in [-0.1, -0.05) is 35.9 Å². The highest BCUT2D eigenvalue weighted by Gasteiger charge is 2.21. The molecule has 4 rings (SSSR count). The van der Waals surface area contributed by atoms with Gasteiger partial charge in [-0.15, -0.1) is 0 Å². The standard InChI is InChI=1S/C25H27N5O/c1-6-30-18(4)19(14-26-30)15-29(5)25(31)23-21-13-16(2)11-12-22(21)27-24(28-23)20-10-8-7-9-17(20)3/h7-14H,6,15H2,1-5H3. The van der Waals surface area contributed by atoms with E-state index in [-0.39, 0.29) is 5.91 Å². The van der Waals surface area contributed by atoms with Gasteiger partial charge in [-0.25, -0.2) is 9.97 Å². The van der Waals surface area contributed by atoms with Crippen LogP contribution in [0.15, 0.2) is 48.7 Å². The fraction of sp³-hybridized carbons (Fsp3) is 0.280. The summed E-state index contributed by atoms with van der Waals surface area (Å²) < 4.78 is 1.94. The van der Waals surface area contributed by atoms with Crippen LogP contribution in [0.2, 0.25) is 0 Å². The number of hydrogen-bond donors (Lipinski definition) is 0. The molecular formula is C25H27N5O. The van der Waals surface area contributed by atoms with Crippen LogP contribution < -0.4 is 0 Å². The third-order valence-corrected chi connectivity index (χ3v) is 5.70. The van der Waals surface area contributed by atoms with Crippen LogP contribution in [0.4, 0.5) is 0 Å². The van der Waals surface area contributed by atoms with Gasteiger partial charge in [0, 0.05) is 42.3 Å². The third-order valence-electron chi connectivity index (χ3n) is 5.70. The van der Waals surface area contributed by atoms with E-state index in [9.17, 15) is 4.79 Å². The second kappa shape index (κ2) is 8.30. The van der Waals surface area contributed by atoms with Crippen molar-refractivity contribution in [2.75, 3.05) is 7.05 Å². The summed E-state index contributed by atoms with van der Waals surface area (Å²) in [6, 6.07) is 13.9. The lowest BCUT2D eigenvalue weighted by molar-refractivity contribution is 0.0781. The van der Waals surface area contributed by atoms with Crippen LogP contribution in [0.1, 0.15) is 39.8 Å². The fourth-order valence-electron chi connectivity index (χ4n) is 3.82. The zero-order valence-electron chi connectivity index (χ0n) is 18.7. The largest absolute Gasteiger partial charge is 0.336 e. The average Bonchev–Trinajstić information content (AvgIpc) is 3.12. The smallest absolute Gasteiger partial charge is 0.273 e. The Morgan fingerprint density at radius 2 is 1.84 bits per heavy atom. The van der Waals surface area contributed by atoms with Crippen molar-refractivity contribution >= 4 is 16.8 Å². The van der Waals surface area contributed by atoms with Crippen molar-refractivity contribution in [1.82, 2.24) is 24.6 Å². The quantitative estimate of drug-likeness (QED) is 0.475.